The van der Waals surface area contributed by atoms with Gasteiger partial charge in [-0.15, -0.1) is 0 Å². The maximum Gasteiger partial charge on any atom is 0.408 e. The molecule has 0 aromatic heterocycles. The first kappa shape index (κ1) is 30.2. The van der Waals surface area contributed by atoms with Crippen molar-refractivity contribution in [3.8, 4) is 0 Å². The Hall–Kier alpha value is -3.35. The monoisotopic (exact) mass is 535 g/mol. The van der Waals surface area contributed by atoms with E-state index in [1.807, 2.05) is 83.1 Å². The Kier molecular flexibility index (Phi) is 9.47. The number of aryl methyl sites for hydroxylation is 2. The van der Waals surface area contributed by atoms with Gasteiger partial charge < -0.3 is 20.3 Å². The molecular formula is C32H45N3O4. The van der Waals surface area contributed by atoms with Crippen LogP contribution in [0.2, 0.25) is 0 Å². The summed E-state index contributed by atoms with van der Waals surface area (Å²) in [6.07, 6.45) is 2.22. The van der Waals surface area contributed by atoms with Crippen LogP contribution in [0, 0.1) is 13.8 Å². The lowest BCUT2D eigenvalue weighted by Gasteiger charge is -2.44. The molecule has 2 atom stereocenters. The highest BCUT2D eigenvalue weighted by molar-refractivity contribution is 5.93. The van der Waals surface area contributed by atoms with Gasteiger partial charge in [0.15, 0.2) is 0 Å². The van der Waals surface area contributed by atoms with Crippen LogP contribution >= 0.6 is 0 Å². The molecular weight excluding hydrogens is 490 g/mol. The molecule has 0 radical (unpaired) electrons. The summed E-state index contributed by atoms with van der Waals surface area (Å²) in [5.41, 5.74) is 2.52. The molecule has 2 aromatic carbocycles. The predicted octanol–water partition coefficient (Wildman–Crippen LogP) is 5.78. The van der Waals surface area contributed by atoms with Crippen molar-refractivity contribution in [3.05, 3.63) is 70.8 Å². The number of rotatable bonds is 8. The molecule has 0 aliphatic heterocycles. The van der Waals surface area contributed by atoms with Crippen molar-refractivity contribution in [2.75, 3.05) is 0 Å². The van der Waals surface area contributed by atoms with Crippen LogP contribution in [0.15, 0.2) is 48.5 Å². The fourth-order valence-corrected chi connectivity index (χ4v) is 4.85. The first-order valence-electron chi connectivity index (χ1n) is 13.9. The molecule has 3 rings (SSSR count). The molecule has 0 spiro atoms. The first-order valence-corrected chi connectivity index (χ1v) is 13.9. The molecule has 212 valence electrons. The van der Waals surface area contributed by atoms with Crippen LogP contribution in [-0.2, 0) is 20.7 Å². The van der Waals surface area contributed by atoms with Crippen LogP contribution in [-0.4, -0.2) is 46.0 Å². The fourth-order valence-electron chi connectivity index (χ4n) is 4.85. The average Bonchev–Trinajstić information content (AvgIpc) is 2.76. The minimum atomic E-state index is -0.904. The van der Waals surface area contributed by atoms with Crippen molar-refractivity contribution in [3.63, 3.8) is 0 Å². The van der Waals surface area contributed by atoms with E-state index in [1.54, 1.807) is 25.7 Å². The number of alkyl carbamates (subject to hydrolysis) is 1. The topological polar surface area (TPSA) is 87.7 Å². The molecule has 7 heteroatoms. The highest BCUT2D eigenvalue weighted by Crippen LogP contribution is 2.35. The highest BCUT2D eigenvalue weighted by Gasteiger charge is 2.43. The summed E-state index contributed by atoms with van der Waals surface area (Å²) in [4.78, 5) is 43.1. The number of carbonyl (C=O) groups excluding carboxylic acids is 3. The maximum absolute atomic E-state index is 14.5. The summed E-state index contributed by atoms with van der Waals surface area (Å²) in [6.45, 7) is 15.1. The molecule has 2 aromatic rings. The molecule has 0 saturated heterocycles. The van der Waals surface area contributed by atoms with E-state index in [1.165, 1.54) is 0 Å². The lowest BCUT2D eigenvalue weighted by molar-refractivity contribution is -0.148. The van der Waals surface area contributed by atoms with E-state index in [9.17, 15) is 14.4 Å². The molecule has 1 aliphatic rings. The van der Waals surface area contributed by atoms with E-state index >= 15 is 0 Å². The van der Waals surface area contributed by atoms with Crippen LogP contribution in [0.1, 0.15) is 89.1 Å². The second-order valence-corrected chi connectivity index (χ2v) is 12.7. The van der Waals surface area contributed by atoms with Gasteiger partial charge in [-0.1, -0.05) is 54.1 Å². The normalized spacial score (nSPS) is 15.5. The Morgan fingerprint density at radius 2 is 1.62 bits per heavy atom. The third-order valence-corrected chi connectivity index (χ3v) is 6.74. The Labute approximate surface area is 233 Å². The molecule has 1 aliphatic carbocycles. The summed E-state index contributed by atoms with van der Waals surface area (Å²) in [5.74, 6) is -0.520. The van der Waals surface area contributed by atoms with Gasteiger partial charge in [0.25, 0.3) is 0 Å². The van der Waals surface area contributed by atoms with Gasteiger partial charge in [-0.05, 0) is 91.3 Å². The number of hydrogen-bond donors (Lipinski definition) is 2. The Bertz CT molecular complexity index is 1160. The lowest BCUT2D eigenvalue weighted by atomic mass is 9.86. The molecule has 0 heterocycles. The van der Waals surface area contributed by atoms with E-state index in [2.05, 4.69) is 10.6 Å². The smallest absolute Gasteiger partial charge is 0.408 e. The highest BCUT2D eigenvalue weighted by atomic mass is 16.6. The zero-order valence-electron chi connectivity index (χ0n) is 24.8. The number of ether oxygens (including phenoxy) is 1. The molecule has 2 unspecified atom stereocenters. The van der Waals surface area contributed by atoms with Crippen LogP contribution in [0.25, 0.3) is 0 Å². The number of nitrogens with zero attached hydrogens (tertiary/aromatic N) is 1. The fraction of sp³-hybridized carbons (Fsp3) is 0.531. The van der Waals surface area contributed by atoms with E-state index in [0.717, 1.165) is 41.5 Å². The summed E-state index contributed by atoms with van der Waals surface area (Å²) in [6, 6.07) is 13.7. The van der Waals surface area contributed by atoms with Crippen molar-refractivity contribution < 1.29 is 19.1 Å². The van der Waals surface area contributed by atoms with E-state index < -0.39 is 29.3 Å². The van der Waals surface area contributed by atoms with E-state index in [0.29, 0.717) is 0 Å². The second-order valence-electron chi connectivity index (χ2n) is 12.7. The van der Waals surface area contributed by atoms with Gasteiger partial charge in [-0.3, -0.25) is 9.59 Å². The minimum Gasteiger partial charge on any atom is -0.444 e. The molecule has 3 amide bonds. The summed E-state index contributed by atoms with van der Waals surface area (Å²) in [5, 5.41) is 5.95. The summed E-state index contributed by atoms with van der Waals surface area (Å²) < 4.78 is 5.53. The maximum atomic E-state index is 14.5. The number of nitrogens with one attached hydrogen (secondary N) is 2. The minimum absolute atomic E-state index is 0.104. The van der Waals surface area contributed by atoms with Crippen molar-refractivity contribution in [2.45, 2.75) is 110 Å². The van der Waals surface area contributed by atoms with Gasteiger partial charge in [0.05, 0.1) is 0 Å². The predicted molar refractivity (Wildman–Crippen MR) is 154 cm³/mol. The zero-order chi connectivity index (χ0) is 29.0. The molecule has 7 nitrogen and oxygen atoms in total. The largest absolute Gasteiger partial charge is 0.444 e. The lowest BCUT2D eigenvalue weighted by Crippen LogP contribution is -2.59. The zero-order valence-corrected chi connectivity index (χ0v) is 24.8. The van der Waals surface area contributed by atoms with E-state index in [-0.39, 0.29) is 24.3 Å². The number of amides is 3. The quantitative estimate of drug-likeness (QED) is 0.449. The van der Waals surface area contributed by atoms with Crippen LogP contribution < -0.4 is 10.6 Å². The number of benzene rings is 2. The Morgan fingerprint density at radius 1 is 0.974 bits per heavy atom. The van der Waals surface area contributed by atoms with Gasteiger partial charge in [0.1, 0.15) is 17.7 Å². The van der Waals surface area contributed by atoms with Crippen molar-refractivity contribution in [1.29, 1.82) is 0 Å². The molecule has 2 N–H and O–H groups in total. The van der Waals surface area contributed by atoms with Crippen molar-refractivity contribution >= 4 is 17.9 Å². The van der Waals surface area contributed by atoms with Gasteiger partial charge in [-0.2, -0.15) is 0 Å². The van der Waals surface area contributed by atoms with Crippen LogP contribution in [0.5, 0.6) is 0 Å². The van der Waals surface area contributed by atoms with Gasteiger partial charge in [-0.25, -0.2) is 4.79 Å². The molecule has 1 fully saturated rings. The summed E-state index contributed by atoms with van der Waals surface area (Å²) >= 11 is 0. The second kappa shape index (κ2) is 12.2. The van der Waals surface area contributed by atoms with Crippen molar-refractivity contribution in [1.82, 2.24) is 15.5 Å². The Balaban J connectivity index is 2.08. The van der Waals surface area contributed by atoms with Gasteiger partial charge >= 0.3 is 6.09 Å². The van der Waals surface area contributed by atoms with Crippen LogP contribution in [0.4, 0.5) is 4.79 Å². The first-order chi connectivity index (χ1) is 18.1. The van der Waals surface area contributed by atoms with Gasteiger partial charge in [0, 0.05) is 18.0 Å². The number of carbonyl (C=O) groups is 3. The molecule has 1 saturated carbocycles. The summed E-state index contributed by atoms with van der Waals surface area (Å²) in [7, 11) is 0. The standard InChI is InChI=1S/C32H45N3O4/c1-21-17-18-25(22(2)19-21)27(28(36)34-31(3,4)5)35(24-15-12-16-24)29(37)26(20-23-13-10-9-11-14-23)33-30(38)39-32(6,7)8/h9-11,13-14,17-19,24,26-27H,12,15-16,20H2,1-8H3,(H,33,38)(H,34,36). The SMILES string of the molecule is Cc1ccc(C(C(=O)NC(C)(C)C)N(C(=O)C(Cc2ccccc2)NC(=O)OC(C)(C)C)C2CCC2)c(C)c1. The average molecular weight is 536 g/mol. The van der Waals surface area contributed by atoms with E-state index in [4.69, 9.17) is 4.74 Å². The third-order valence-electron chi connectivity index (χ3n) is 6.74. The Morgan fingerprint density at radius 3 is 2.13 bits per heavy atom. The molecule has 0 bridgehead atoms. The van der Waals surface area contributed by atoms with Crippen LogP contribution in [0.3, 0.4) is 0 Å². The van der Waals surface area contributed by atoms with Gasteiger partial charge in [0.2, 0.25) is 11.8 Å². The number of hydrogen-bond acceptors (Lipinski definition) is 4. The van der Waals surface area contributed by atoms with Crippen molar-refractivity contribution in [2.24, 2.45) is 0 Å². The molecule has 39 heavy (non-hydrogen) atoms. The third kappa shape index (κ3) is 8.57.